The van der Waals surface area contributed by atoms with Crippen molar-refractivity contribution in [2.24, 2.45) is 5.73 Å². The van der Waals surface area contributed by atoms with E-state index < -0.39 is 23.7 Å². The molecule has 0 aliphatic carbocycles. The summed E-state index contributed by atoms with van der Waals surface area (Å²) in [5, 5.41) is 6.64. The van der Waals surface area contributed by atoms with Crippen LogP contribution in [0.4, 0.5) is 29.3 Å². The second kappa shape index (κ2) is 10.9. The van der Waals surface area contributed by atoms with Crippen LogP contribution in [0.1, 0.15) is 32.6 Å². The highest BCUT2D eigenvalue weighted by Crippen LogP contribution is 2.32. The molecule has 4 N–H and O–H groups in total. The van der Waals surface area contributed by atoms with Gasteiger partial charge in [0.05, 0.1) is 23.1 Å². The van der Waals surface area contributed by atoms with E-state index in [-0.39, 0.29) is 11.3 Å². The number of benzene rings is 3. The molecule has 3 aromatic carbocycles. The number of anilines is 2. The molecule has 0 saturated heterocycles. The zero-order valence-electron chi connectivity index (χ0n) is 21.5. The molecule has 0 unspecified atom stereocenters. The number of fused-ring (bicyclic) bond motifs is 1. The van der Waals surface area contributed by atoms with Crippen LogP contribution in [0.5, 0.6) is 0 Å². The molecule has 8 nitrogen and oxygen atoms in total. The number of alkyl halides is 3. The van der Waals surface area contributed by atoms with E-state index in [4.69, 9.17) is 5.73 Å². The van der Waals surface area contributed by atoms with Gasteiger partial charge in [-0.1, -0.05) is 30.0 Å². The topological polar surface area (TPSA) is 115 Å². The Morgan fingerprint density at radius 2 is 1.73 bits per heavy atom. The lowest BCUT2D eigenvalue weighted by Gasteiger charge is -2.13. The van der Waals surface area contributed by atoms with Crippen molar-refractivity contribution in [1.82, 2.24) is 14.5 Å². The van der Waals surface area contributed by atoms with E-state index in [0.29, 0.717) is 27.9 Å². The molecular formula is C30H21F3N6O2. The van der Waals surface area contributed by atoms with Gasteiger partial charge in [-0.2, -0.15) is 13.2 Å². The number of nitrogens with two attached hydrogens (primary N) is 1. The number of pyridine rings is 1. The number of nitrogens with zero attached hydrogens (tertiary/aromatic N) is 3. The lowest BCUT2D eigenvalue weighted by atomic mass is 10.0. The first kappa shape index (κ1) is 27.0. The molecule has 0 aliphatic rings. The van der Waals surface area contributed by atoms with Crippen LogP contribution < -0.4 is 16.4 Å². The second-order valence-corrected chi connectivity index (χ2v) is 9.05. The molecule has 5 rings (SSSR count). The fourth-order valence-electron chi connectivity index (χ4n) is 4.18. The maximum Gasteiger partial charge on any atom is 0.416 e. The molecule has 0 spiro atoms. The number of rotatable bonds is 4. The third-order valence-electron chi connectivity index (χ3n) is 6.20. The Kier molecular flexibility index (Phi) is 7.14. The molecule has 11 heteroatoms. The fraction of sp³-hybridized carbons (Fsp3) is 0.0667. The number of amides is 3. The van der Waals surface area contributed by atoms with Crippen LogP contribution in [0.25, 0.3) is 16.5 Å². The SMILES string of the molecule is Cc1ccc(NC(=O)c2cc(-n3ccnc3)cc(C(F)(F)F)c2)cc1C#Cc1cncc2c(NC(N)=O)cccc12. The van der Waals surface area contributed by atoms with Crippen molar-refractivity contribution < 1.29 is 22.8 Å². The van der Waals surface area contributed by atoms with Gasteiger partial charge in [0.2, 0.25) is 0 Å². The summed E-state index contributed by atoms with van der Waals surface area (Å²) >= 11 is 0. The number of nitrogens with one attached hydrogen (secondary N) is 2. The highest BCUT2D eigenvalue weighted by Gasteiger charge is 2.32. The summed E-state index contributed by atoms with van der Waals surface area (Å²) in [6.45, 7) is 1.84. The number of imidazole rings is 1. The first-order chi connectivity index (χ1) is 19.6. The number of hydrogen-bond donors (Lipinski definition) is 3. The first-order valence-corrected chi connectivity index (χ1v) is 12.2. The standard InChI is InChI=1S/C30H21F3N6O2/c1-18-5-8-23(37-28(40)21-11-22(30(31,32)33)14-24(13-21)39-10-9-35-17-39)12-19(18)6-7-20-15-36-16-26-25(20)3-2-4-27(26)38-29(34)41/h2-5,8-17H,1H3,(H,37,40)(H3,34,38,41). The Labute approximate surface area is 232 Å². The average Bonchev–Trinajstić information content (AvgIpc) is 3.48. The number of carbonyl (C=O) groups excluding carboxylic acids is 2. The van der Waals surface area contributed by atoms with E-state index in [0.717, 1.165) is 23.1 Å². The van der Waals surface area contributed by atoms with Gasteiger partial charge in [-0.3, -0.25) is 9.78 Å². The maximum atomic E-state index is 13.6. The van der Waals surface area contributed by atoms with Gasteiger partial charge in [-0.05, 0) is 48.9 Å². The number of aromatic nitrogens is 3. The number of urea groups is 1. The van der Waals surface area contributed by atoms with Crippen molar-refractivity contribution in [3.8, 4) is 17.5 Å². The largest absolute Gasteiger partial charge is 0.416 e. The second-order valence-electron chi connectivity index (χ2n) is 9.05. The van der Waals surface area contributed by atoms with E-state index in [1.54, 1.807) is 42.7 Å². The smallest absolute Gasteiger partial charge is 0.351 e. The third-order valence-corrected chi connectivity index (χ3v) is 6.20. The quantitative estimate of drug-likeness (QED) is 0.240. The van der Waals surface area contributed by atoms with Crippen molar-refractivity contribution >= 4 is 34.1 Å². The number of hydrogen-bond acceptors (Lipinski definition) is 4. The van der Waals surface area contributed by atoms with Gasteiger partial charge in [0.25, 0.3) is 5.91 Å². The van der Waals surface area contributed by atoms with E-state index in [2.05, 4.69) is 32.4 Å². The Bertz CT molecular complexity index is 1850. The normalized spacial score (nSPS) is 11.0. The van der Waals surface area contributed by atoms with Crippen LogP contribution >= 0.6 is 0 Å². The van der Waals surface area contributed by atoms with Crippen molar-refractivity contribution in [2.45, 2.75) is 13.1 Å². The molecule has 0 aliphatic heterocycles. The number of aryl methyl sites for hydroxylation is 1. The Morgan fingerprint density at radius 1 is 0.927 bits per heavy atom. The van der Waals surface area contributed by atoms with Crippen LogP contribution in [0.2, 0.25) is 0 Å². The van der Waals surface area contributed by atoms with Crippen LogP contribution in [0.15, 0.2) is 85.7 Å². The van der Waals surface area contributed by atoms with E-state index in [1.165, 1.54) is 29.4 Å². The number of carbonyl (C=O) groups is 2. The Hall–Kier alpha value is -5.63. The summed E-state index contributed by atoms with van der Waals surface area (Å²) < 4.78 is 42.1. The van der Waals surface area contributed by atoms with E-state index in [1.807, 2.05) is 13.0 Å². The molecule has 0 atom stereocenters. The van der Waals surface area contributed by atoms with E-state index >= 15 is 0 Å². The average molecular weight is 555 g/mol. The maximum absolute atomic E-state index is 13.6. The molecule has 0 fully saturated rings. The van der Waals surface area contributed by atoms with E-state index in [9.17, 15) is 22.8 Å². The molecule has 2 aromatic heterocycles. The lowest BCUT2D eigenvalue weighted by Crippen LogP contribution is -2.19. The predicted molar refractivity (Wildman–Crippen MR) is 149 cm³/mol. The highest BCUT2D eigenvalue weighted by molar-refractivity contribution is 6.05. The van der Waals surface area contributed by atoms with Crippen molar-refractivity contribution in [1.29, 1.82) is 0 Å². The summed E-state index contributed by atoms with van der Waals surface area (Å²) in [6, 6.07) is 12.7. The minimum Gasteiger partial charge on any atom is -0.351 e. The lowest BCUT2D eigenvalue weighted by molar-refractivity contribution is -0.137. The van der Waals surface area contributed by atoms with Crippen LogP contribution in [-0.4, -0.2) is 26.5 Å². The van der Waals surface area contributed by atoms with Gasteiger partial charge < -0.3 is 20.9 Å². The zero-order chi connectivity index (χ0) is 29.1. The molecule has 0 bridgehead atoms. The molecule has 41 heavy (non-hydrogen) atoms. The van der Waals surface area contributed by atoms with Gasteiger partial charge in [0.1, 0.15) is 0 Å². The minimum atomic E-state index is -4.65. The van der Waals surface area contributed by atoms with Gasteiger partial charge in [-0.15, -0.1) is 0 Å². The van der Waals surface area contributed by atoms with Gasteiger partial charge >= 0.3 is 12.2 Å². The Morgan fingerprint density at radius 3 is 2.46 bits per heavy atom. The van der Waals surface area contributed by atoms with Gasteiger partial charge in [0, 0.05) is 58.1 Å². The summed E-state index contributed by atoms with van der Waals surface area (Å²) in [5.74, 6) is 5.45. The fourth-order valence-corrected chi connectivity index (χ4v) is 4.18. The first-order valence-electron chi connectivity index (χ1n) is 12.2. The van der Waals surface area contributed by atoms with Crippen LogP contribution in [0.3, 0.4) is 0 Å². The van der Waals surface area contributed by atoms with Crippen molar-refractivity contribution in [3.63, 3.8) is 0 Å². The molecular weight excluding hydrogens is 533 g/mol. The summed E-state index contributed by atoms with van der Waals surface area (Å²) in [5.41, 5.74) is 7.15. The molecule has 204 valence electrons. The molecule has 3 amide bonds. The molecule has 2 heterocycles. The number of halogens is 3. The van der Waals surface area contributed by atoms with Gasteiger partial charge in [-0.25, -0.2) is 9.78 Å². The van der Waals surface area contributed by atoms with Gasteiger partial charge in [0.15, 0.2) is 0 Å². The monoisotopic (exact) mass is 554 g/mol. The van der Waals surface area contributed by atoms with Crippen LogP contribution in [-0.2, 0) is 6.18 Å². The molecule has 0 radical (unpaired) electrons. The highest BCUT2D eigenvalue weighted by atomic mass is 19.4. The third kappa shape index (κ3) is 6.02. The molecule has 5 aromatic rings. The number of primary amides is 1. The summed E-state index contributed by atoms with van der Waals surface area (Å²) in [4.78, 5) is 32.5. The summed E-state index contributed by atoms with van der Waals surface area (Å²) in [6.07, 6.45) is 2.81. The zero-order valence-corrected chi connectivity index (χ0v) is 21.5. The predicted octanol–water partition coefficient (Wildman–Crippen LogP) is 5.89. The van der Waals surface area contributed by atoms with Crippen LogP contribution in [0, 0.1) is 18.8 Å². The Balaban J connectivity index is 1.45. The summed E-state index contributed by atoms with van der Waals surface area (Å²) in [7, 11) is 0. The van der Waals surface area contributed by atoms with Crippen molar-refractivity contribution in [3.05, 3.63) is 114 Å². The molecule has 0 saturated carbocycles. The minimum absolute atomic E-state index is 0.149. The van der Waals surface area contributed by atoms with Crippen molar-refractivity contribution in [2.75, 3.05) is 10.6 Å².